The fourth-order valence-corrected chi connectivity index (χ4v) is 2.20. The number of pyridine rings is 1. The molecular formula is C15H24N6O2S. The van der Waals surface area contributed by atoms with Gasteiger partial charge in [-0.05, 0) is 12.1 Å². The number of aromatic nitrogens is 1. The number of carbonyl (C=O) groups excluding carboxylic acids is 1. The van der Waals surface area contributed by atoms with Gasteiger partial charge in [0.25, 0.3) is 0 Å². The van der Waals surface area contributed by atoms with E-state index in [-0.39, 0.29) is 12.3 Å². The van der Waals surface area contributed by atoms with Crippen LogP contribution in [-0.2, 0) is 8.98 Å². The Morgan fingerprint density at radius 3 is 2.67 bits per heavy atom. The normalized spacial score (nSPS) is 11.3. The van der Waals surface area contributed by atoms with Crippen molar-refractivity contribution >= 4 is 29.3 Å². The molecule has 1 aromatic heterocycles. The van der Waals surface area contributed by atoms with Gasteiger partial charge in [0.1, 0.15) is 11.6 Å². The first kappa shape index (κ1) is 19.7. The van der Waals surface area contributed by atoms with E-state index in [4.69, 9.17) is 15.8 Å². The van der Waals surface area contributed by atoms with Gasteiger partial charge in [0.2, 0.25) is 5.91 Å². The van der Waals surface area contributed by atoms with Gasteiger partial charge in [0.15, 0.2) is 0 Å². The molecule has 0 bridgehead atoms. The Hall–Kier alpha value is -2.39. The molecule has 1 rings (SSSR count). The number of rotatable bonds is 9. The molecular weight excluding hydrogens is 328 g/mol. The molecule has 0 atom stereocenters. The minimum absolute atomic E-state index is 0.142. The highest BCUT2D eigenvalue weighted by Gasteiger charge is 2.09. The molecule has 0 saturated heterocycles. The number of carbonyl (C=O) groups is 1. The molecule has 0 saturated carbocycles. The molecule has 0 aliphatic carbocycles. The Morgan fingerprint density at radius 2 is 2.17 bits per heavy atom. The highest BCUT2D eigenvalue weighted by molar-refractivity contribution is 7.94. The predicted molar refractivity (Wildman–Crippen MR) is 98.0 cm³/mol. The zero-order valence-electron chi connectivity index (χ0n) is 14.1. The Balaban J connectivity index is 2.68. The van der Waals surface area contributed by atoms with Crippen molar-refractivity contribution in [3.8, 4) is 0 Å². The SMILES string of the molecule is C=C(CCC(=O)Nc1ccc(/C(N)=C(\NC)N(C)N)nc1)OSC. The van der Waals surface area contributed by atoms with Crippen LogP contribution in [0.2, 0.25) is 0 Å². The molecule has 0 aromatic carbocycles. The van der Waals surface area contributed by atoms with Gasteiger partial charge in [0, 0.05) is 33.2 Å². The van der Waals surface area contributed by atoms with E-state index in [2.05, 4.69) is 22.2 Å². The molecule has 0 unspecified atom stereocenters. The van der Waals surface area contributed by atoms with Gasteiger partial charge in [-0.2, -0.15) is 0 Å². The quantitative estimate of drug-likeness (QED) is 0.227. The number of amides is 1. The van der Waals surface area contributed by atoms with Gasteiger partial charge in [-0.1, -0.05) is 6.58 Å². The molecule has 1 aromatic rings. The van der Waals surface area contributed by atoms with E-state index in [1.165, 1.54) is 23.2 Å². The first-order chi connectivity index (χ1) is 11.4. The third kappa shape index (κ3) is 6.01. The average molecular weight is 352 g/mol. The Morgan fingerprint density at radius 1 is 1.46 bits per heavy atom. The van der Waals surface area contributed by atoms with Crippen LogP contribution < -0.4 is 22.2 Å². The third-order valence-corrected chi connectivity index (χ3v) is 3.40. The van der Waals surface area contributed by atoms with Crippen LogP contribution >= 0.6 is 12.0 Å². The number of nitrogens with zero attached hydrogens (tertiary/aromatic N) is 2. The Labute approximate surface area is 146 Å². The molecule has 1 heterocycles. The predicted octanol–water partition coefficient (Wildman–Crippen LogP) is 1.22. The molecule has 6 N–H and O–H groups in total. The first-order valence-electron chi connectivity index (χ1n) is 7.19. The van der Waals surface area contributed by atoms with Crippen LogP contribution in [0.5, 0.6) is 0 Å². The van der Waals surface area contributed by atoms with Gasteiger partial charge in [0.05, 0.1) is 35.3 Å². The third-order valence-electron chi connectivity index (χ3n) is 3.00. The van der Waals surface area contributed by atoms with Crippen molar-refractivity contribution in [2.24, 2.45) is 11.6 Å². The minimum Gasteiger partial charge on any atom is -0.431 e. The van der Waals surface area contributed by atoms with Gasteiger partial charge in [-0.3, -0.25) is 14.8 Å². The zero-order chi connectivity index (χ0) is 18.1. The largest absolute Gasteiger partial charge is 0.431 e. The minimum atomic E-state index is -0.142. The van der Waals surface area contributed by atoms with Crippen LogP contribution in [0.1, 0.15) is 18.5 Å². The summed E-state index contributed by atoms with van der Waals surface area (Å²) < 4.78 is 5.13. The molecule has 0 radical (unpaired) electrons. The van der Waals surface area contributed by atoms with Crippen molar-refractivity contribution in [2.45, 2.75) is 12.8 Å². The van der Waals surface area contributed by atoms with Crippen LogP contribution in [0, 0.1) is 0 Å². The highest BCUT2D eigenvalue weighted by Crippen LogP contribution is 2.15. The number of hydrogen-bond donors (Lipinski definition) is 4. The summed E-state index contributed by atoms with van der Waals surface area (Å²) in [4.78, 5) is 16.1. The second kappa shape index (κ2) is 9.68. The lowest BCUT2D eigenvalue weighted by Gasteiger charge is -2.18. The maximum atomic E-state index is 11.9. The summed E-state index contributed by atoms with van der Waals surface area (Å²) in [6, 6.07) is 3.44. The van der Waals surface area contributed by atoms with Gasteiger partial charge < -0.3 is 20.6 Å². The monoisotopic (exact) mass is 352 g/mol. The van der Waals surface area contributed by atoms with Crippen LogP contribution in [0.15, 0.2) is 36.5 Å². The van der Waals surface area contributed by atoms with E-state index < -0.39 is 0 Å². The summed E-state index contributed by atoms with van der Waals surface area (Å²) in [5.74, 6) is 6.66. The van der Waals surface area contributed by atoms with Crippen LogP contribution in [0.3, 0.4) is 0 Å². The Kier molecular flexibility index (Phi) is 7.93. The van der Waals surface area contributed by atoms with Crippen molar-refractivity contribution in [2.75, 3.05) is 25.7 Å². The fraction of sp³-hybridized carbons (Fsp3) is 0.333. The number of hydrogen-bond acceptors (Lipinski definition) is 8. The fourth-order valence-electron chi connectivity index (χ4n) is 1.89. The van der Waals surface area contributed by atoms with E-state index in [1.54, 1.807) is 32.5 Å². The summed E-state index contributed by atoms with van der Waals surface area (Å²) in [6.45, 7) is 3.72. The lowest BCUT2D eigenvalue weighted by Crippen LogP contribution is -2.34. The van der Waals surface area contributed by atoms with Crippen molar-refractivity contribution < 1.29 is 8.98 Å². The standard InChI is InChI=1S/C15H24N6O2S/c1-10(23-24-4)5-8-13(22)20-11-6-7-12(19-9-11)14(16)15(18-2)21(3)17/h6-7,9,18H,1,5,8,16-17H2,2-4H3,(H,20,22)/b15-14-. The molecule has 132 valence electrons. The molecule has 0 spiro atoms. The molecule has 24 heavy (non-hydrogen) atoms. The van der Waals surface area contributed by atoms with Gasteiger partial charge >= 0.3 is 0 Å². The average Bonchev–Trinajstić information content (AvgIpc) is 2.54. The van der Waals surface area contributed by atoms with Gasteiger partial charge in [-0.25, -0.2) is 5.84 Å². The van der Waals surface area contributed by atoms with Crippen LogP contribution in [0.4, 0.5) is 5.69 Å². The van der Waals surface area contributed by atoms with Crippen LogP contribution in [-0.4, -0.2) is 36.3 Å². The summed E-state index contributed by atoms with van der Waals surface area (Å²) in [6.07, 6.45) is 4.07. The number of nitrogens with two attached hydrogens (primary N) is 2. The van der Waals surface area contributed by atoms with Gasteiger partial charge in [-0.15, -0.1) is 0 Å². The number of nitrogens with one attached hydrogen (secondary N) is 2. The van der Waals surface area contributed by atoms with Crippen molar-refractivity contribution in [3.05, 3.63) is 42.2 Å². The Bertz CT molecular complexity index is 600. The highest BCUT2D eigenvalue weighted by atomic mass is 32.2. The van der Waals surface area contributed by atoms with Crippen molar-refractivity contribution in [3.63, 3.8) is 0 Å². The van der Waals surface area contributed by atoms with E-state index in [0.29, 0.717) is 35.1 Å². The maximum absolute atomic E-state index is 11.9. The van der Waals surface area contributed by atoms with Crippen molar-refractivity contribution in [1.29, 1.82) is 0 Å². The summed E-state index contributed by atoms with van der Waals surface area (Å²) in [5.41, 5.74) is 7.58. The van der Waals surface area contributed by atoms with Crippen LogP contribution in [0.25, 0.3) is 5.70 Å². The second-order valence-electron chi connectivity index (χ2n) is 4.89. The molecule has 0 aliphatic heterocycles. The lowest BCUT2D eigenvalue weighted by atomic mass is 10.2. The smallest absolute Gasteiger partial charge is 0.224 e. The number of hydrazine groups is 1. The number of allylic oxidation sites excluding steroid dienone is 1. The molecule has 1 amide bonds. The summed E-state index contributed by atoms with van der Waals surface area (Å²) in [7, 11) is 3.39. The first-order valence-corrected chi connectivity index (χ1v) is 8.34. The van der Waals surface area contributed by atoms with E-state index in [9.17, 15) is 4.79 Å². The molecule has 0 fully saturated rings. The summed E-state index contributed by atoms with van der Waals surface area (Å²) >= 11 is 1.20. The van der Waals surface area contributed by atoms with E-state index in [1.807, 2.05) is 0 Å². The lowest BCUT2D eigenvalue weighted by molar-refractivity contribution is -0.116. The number of anilines is 1. The topological polar surface area (TPSA) is 119 Å². The molecule has 9 heteroatoms. The van der Waals surface area contributed by atoms with E-state index in [0.717, 1.165) is 0 Å². The van der Waals surface area contributed by atoms with E-state index >= 15 is 0 Å². The zero-order valence-corrected chi connectivity index (χ0v) is 14.9. The molecule has 8 nitrogen and oxygen atoms in total. The maximum Gasteiger partial charge on any atom is 0.224 e. The van der Waals surface area contributed by atoms with Crippen molar-refractivity contribution in [1.82, 2.24) is 15.3 Å². The summed E-state index contributed by atoms with van der Waals surface area (Å²) in [5, 5.41) is 7.04. The molecule has 0 aliphatic rings. The second-order valence-corrected chi connectivity index (χ2v) is 5.39.